The topological polar surface area (TPSA) is 50.8 Å². The minimum atomic E-state index is -0.372. The second kappa shape index (κ2) is 8.67. The zero-order valence-electron chi connectivity index (χ0n) is 14.8. The highest BCUT2D eigenvalue weighted by molar-refractivity contribution is 5.95. The molecule has 6 heteroatoms. The van der Waals surface area contributed by atoms with Gasteiger partial charge in [0.1, 0.15) is 12.4 Å². The lowest BCUT2D eigenvalue weighted by molar-refractivity contribution is -0.120. The molecule has 138 valence electrons. The number of anilines is 1. The van der Waals surface area contributed by atoms with Crippen LogP contribution in [0.4, 0.5) is 10.1 Å². The maximum atomic E-state index is 13.6. The average molecular weight is 358 g/mol. The van der Waals surface area contributed by atoms with Crippen molar-refractivity contribution >= 4 is 11.6 Å². The van der Waals surface area contributed by atoms with Gasteiger partial charge in [-0.2, -0.15) is 0 Å². The summed E-state index contributed by atoms with van der Waals surface area (Å²) in [5, 5.41) is 2.95. The Morgan fingerprint density at radius 1 is 1.23 bits per heavy atom. The Morgan fingerprint density at radius 3 is 2.73 bits per heavy atom. The molecule has 0 spiro atoms. The van der Waals surface area contributed by atoms with E-state index in [0.29, 0.717) is 13.2 Å². The van der Waals surface area contributed by atoms with E-state index in [4.69, 9.17) is 9.47 Å². The van der Waals surface area contributed by atoms with Crippen molar-refractivity contribution in [1.82, 2.24) is 4.90 Å². The SMILES string of the molecule is COc1ccc(NC(=O)[C@H]2CCCN2CCOc2ccccc2F)cc1. The maximum Gasteiger partial charge on any atom is 0.241 e. The van der Waals surface area contributed by atoms with E-state index in [9.17, 15) is 9.18 Å². The summed E-state index contributed by atoms with van der Waals surface area (Å²) in [5.41, 5.74) is 0.741. The van der Waals surface area contributed by atoms with Gasteiger partial charge in [0.25, 0.3) is 0 Å². The summed E-state index contributed by atoms with van der Waals surface area (Å²) in [7, 11) is 1.60. The van der Waals surface area contributed by atoms with E-state index >= 15 is 0 Å². The van der Waals surface area contributed by atoms with Gasteiger partial charge < -0.3 is 14.8 Å². The Kier molecular flexibility index (Phi) is 6.07. The van der Waals surface area contributed by atoms with E-state index in [1.54, 1.807) is 25.3 Å². The van der Waals surface area contributed by atoms with Crippen molar-refractivity contribution < 1.29 is 18.7 Å². The molecule has 1 amide bonds. The summed E-state index contributed by atoms with van der Waals surface area (Å²) in [4.78, 5) is 14.7. The molecule has 1 aliphatic heterocycles. The largest absolute Gasteiger partial charge is 0.497 e. The van der Waals surface area contributed by atoms with Gasteiger partial charge in [-0.25, -0.2) is 4.39 Å². The van der Waals surface area contributed by atoms with Crippen molar-refractivity contribution in [2.24, 2.45) is 0 Å². The molecule has 0 unspecified atom stereocenters. The fraction of sp³-hybridized carbons (Fsp3) is 0.350. The first-order valence-electron chi connectivity index (χ1n) is 8.73. The third-order valence-electron chi connectivity index (χ3n) is 4.50. The Hall–Kier alpha value is -2.60. The number of hydrogen-bond donors (Lipinski definition) is 1. The van der Waals surface area contributed by atoms with Gasteiger partial charge in [0.15, 0.2) is 11.6 Å². The Bertz CT molecular complexity index is 736. The summed E-state index contributed by atoms with van der Waals surface area (Å²) in [6, 6.07) is 13.4. The lowest BCUT2D eigenvalue weighted by Crippen LogP contribution is -2.41. The second-order valence-electron chi connectivity index (χ2n) is 6.19. The van der Waals surface area contributed by atoms with Crippen molar-refractivity contribution in [2.45, 2.75) is 18.9 Å². The summed E-state index contributed by atoms with van der Waals surface area (Å²) >= 11 is 0. The van der Waals surface area contributed by atoms with Gasteiger partial charge in [-0.05, 0) is 55.8 Å². The van der Waals surface area contributed by atoms with Gasteiger partial charge in [-0.1, -0.05) is 12.1 Å². The number of amides is 1. The highest BCUT2D eigenvalue weighted by atomic mass is 19.1. The number of rotatable bonds is 7. The standard InChI is InChI=1S/C20H23FN2O3/c1-25-16-10-8-15(9-11-16)22-20(24)18-6-4-12-23(18)13-14-26-19-7-3-2-5-17(19)21/h2-3,5,7-11,18H,4,6,12-14H2,1H3,(H,22,24)/t18-/m1/s1. The Labute approximate surface area is 152 Å². The number of nitrogens with zero attached hydrogens (tertiary/aromatic N) is 1. The molecule has 0 bridgehead atoms. The molecular weight excluding hydrogens is 335 g/mol. The van der Waals surface area contributed by atoms with Gasteiger partial charge in [0.05, 0.1) is 13.2 Å². The zero-order chi connectivity index (χ0) is 18.4. The van der Waals surface area contributed by atoms with E-state index in [-0.39, 0.29) is 23.5 Å². The quantitative estimate of drug-likeness (QED) is 0.825. The van der Waals surface area contributed by atoms with E-state index in [2.05, 4.69) is 10.2 Å². The lowest BCUT2D eigenvalue weighted by Gasteiger charge is -2.23. The lowest BCUT2D eigenvalue weighted by atomic mass is 10.2. The van der Waals surface area contributed by atoms with Crippen molar-refractivity contribution in [1.29, 1.82) is 0 Å². The molecular formula is C20H23FN2O3. The first kappa shape index (κ1) is 18.2. The van der Waals surface area contributed by atoms with Crippen molar-refractivity contribution in [2.75, 3.05) is 32.1 Å². The predicted molar refractivity (Wildman–Crippen MR) is 98.1 cm³/mol. The summed E-state index contributed by atoms with van der Waals surface area (Å²) in [5.74, 6) is 0.586. The van der Waals surface area contributed by atoms with E-state index in [1.165, 1.54) is 6.07 Å². The van der Waals surface area contributed by atoms with Crippen molar-refractivity contribution in [3.05, 3.63) is 54.3 Å². The van der Waals surface area contributed by atoms with Crippen molar-refractivity contribution in [3.8, 4) is 11.5 Å². The van der Waals surface area contributed by atoms with Crippen LogP contribution >= 0.6 is 0 Å². The number of ether oxygens (including phenoxy) is 2. The maximum absolute atomic E-state index is 13.6. The van der Waals surface area contributed by atoms with Crippen LogP contribution in [-0.2, 0) is 4.79 Å². The fourth-order valence-corrected chi connectivity index (χ4v) is 3.13. The van der Waals surface area contributed by atoms with Crippen molar-refractivity contribution in [3.63, 3.8) is 0 Å². The molecule has 1 saturated heterocycles. The fourth-order valence-electron chi connectivity index (χ4n) is 3.13. The number of hydrogen-bond acceptors (Lipinski definition) is 4. The number of carbonyl (C=O) groups is 1. The van der Waals surface area contributed by atoms with Gasteiger partial charge >= 0.3 is 0 Å². The van der Waals surface area contributed by atoms with Crippen LogP contribution in [0.15, 0.2) is 48.5 Å². The van der Waals surface area contributed by atoms with Gasteiger partial charge in [0, 0.05) is 12.2 Å². The number of likely N-dealkylation sites (tertiary alicyclic amines) is 1. The molecule has 1 fully saturated rings. The van der Waals surface area contributed by atoms with Crippen LogP contribution in [0.25, 0.3) is 0 Å². The molecule has 0 aliphatic carbocycles. The summed E-state index contributed by atoms with van der Waals surface area (Å²) in [6.45, 7) is 1.75. The summed E-state index contributed by atoms with van der Waals surface area (Å²) in [6.07, 6.45) is 1.77. The predicted octanol–water partition coefficient (Wildman–Crippen LogP) is 3.32. The van der Waals surface area contributed by atoms with Crippen LogP contribution in [0.1, 0.15) is 12.8 Å². The average Bonchev–Trinajstić information content (AvgIpc) is 3.12. The van der Waals surface area contributed by atoms with Crippen LogP contribution in [0, 0.1) is 5.82 Å². The molecule has 5 nitrogen and oxygen atoms in total. The number of benzene rings is 2. The van der Waals surface area contributed by atoms with Crippen LogP contribution in [0.5, 0.6) is 11.5 Å². The molecule has 0 aromatic heterocycles. The first-order chi connectivity index (χ1) is 12.7. The molecule has 1 atom stereocenters. The normalized spacial score (nSPS) is 17.1. The van der Waals surface area contributed by atoms with Gasteiger partial charge in [-0.3, -0.25) is 9.69 Å². The molecule has 26 heavy (non-hydrogen) atoms. The number of carbonyl (C=O) groups excluding carboxylic acids is 1. The number of nitrogens with one attached hydrogen (secondary N) is 1. The molecule has 2 aromatic rings. The highest BCUT2D eigenvalue weighted by Gasteiger charge is 2.30. The van der Waals surface area contributed by atoms with E-state index in [1.807, 2.05) is 24.3 Å². The second-order valence-corrected chi connectivity index (χ2v) is 6.19. The molecule has 1 heterocycles. The highest BCUT2D eigenvalue weighted by Crippen LogP contribution is 2.21. The van der Waals surface area contributed by atoms with Crippen LogP contribution in [0.2, 0.25) is 0 Å². The third kappa shape index (κ3) is 4.52. The molecule has 1 N–H and O–H groups in total. The van der Waals surface area contributed by atoms with E-state index < -0.39 is 0 Å². The monoisotopic (exact) mass is 358 g/mol. The molecule has 1 aliphatic rings. The Balaban J connectivity index is 1.52. The minimum absolute atomic E-state index is 0.0291. The first-order valence-corrected chi connectivity index (χ1v) is 8.73. The van der Waals surface area contributed by atoms with Crippen LogP contribution < -0.4 is 14.8 Å². The molecule has 3 rings (SSSR count). The molecule has 2 aromatic carbocycles. The van der Waals surface area contributed by atoms with Gasteiger partial charge in [0.2, 0.25) is 5.91 Å². The smallest absolute Gasteiger partial charge is 0.241 e. The molecule has 0 radical (unpaired) electrons. The van der Waals surface area contributed by atoms with Crippen LogP contribution in [0.3, 0.4) is 0 Å². The van der Waals surface area contributed by atoms with Gasteiger partial charge in [-0.15, -0.1) is 0 Å². The van der Waals surface area contributed by atoms with E-state index in [0.717, 1.165) is 30.8 Å². The Morgan fingerprint density at radius 2 is 2.00 bits per heavy atom. The van der Waals surface area contributed by atoms with Crippen LogP contribution in [-0.4, -0.2) is 43.7 Å². The number of methoxy groups -OCH3 is 1. The number of para-hydroxylation sites is 1. The summed E-state index contributed by atoms with van der Waals surface area (Å²) < 4.78 is 24.2. The zero-order valence-corrected chi connectivity index (χ0v) is 14.8. The minimum Gasteiger partial charge on any atom is -0.497 e. The number of halogens is 1. The third-order valence-corrected chi connectivity index (χ3v) is 4.50. The molecule has 0 saturated carbocycles.